The second kappa shape index (κ2) is 6.74. The fourth-order valence-corrected chi connectivity index (χ4v) is 1.52. The van der Waals surface area contributed by atoms with E-state index in [1.165, 1.54) is 0 Å². The molecular weight excluding hydrogens is 243 g/mol. The Morgan fingerprint density at radius 1 is 0.812 bits per heavy atom. The number of hydrogen-bond acceptors (Lipinski definition) is 2. The summed E-state index contributed by atoms with van der Waals surface area (Å²) in [5, 5.41) is 0. The molecule has 16 heavy (non-hydrogen) atoms. The van der Waals surface area contributed by atoms with Crippen LogP contribution in [0.1, 0.15) is 15.9 Å². The summed E-state index contributed by atoms with van der Waals surface area (Å²) in [5.74, 6) is 0.0453. The molecule has 0 heterocycles. The average Bonchev–Trinajstić information content (AvgIpc) is 2.30. The second-order valence-corrected chi connectivity index (χ2v) is 3.76. The SMILES string of the molecule is O=C(c1ccccc1)c1ccc(S)cc1.[KH]. The van der Waals surface area contributed by atoms with Crippen molar-refractivity contribution in [3.05, 3.63) is 65.7 Å². The molecule has 2 rings (SSSR count). The molecule has 1 nitrogen and oxygen atoms in total. The van der Waals surface area contributed by atoms with E-state index >= 15 is 0 Å². The third-order valence-electron chi connectivity index (χ3n) is 2.17. The van der Waals surface area contributed by atoms with Crippen LogP contribution in [-0.4, -0.2) is 57.2 Å². The third kappa shape index (κ3) is 3.55. The van der Waals surface area contributed by atoms with Gasteiger partial charge in [-0.25, -0.2) is 0 Å². The van der Waals surface area contributed by atoms with E-state index in [-0.39, 0.29) is 57.2 Å². The summed E-state index contributed by atoms with van der Waals surface area (Å²) in [7, 11) is 0. The number of rotatable bonds is 2. The van der Waals surface area contributed by atoms with Gasteiger partial charge in [0.05, 0.1) is 0 Å². The first-order valence-electron chi connectivity index (χ1n) is 4.66. The molecule has 0 radical (unpaired) electrons. The zero-order chi connectivity index (χ0) is 10.7. The molecule has 0 N–H and O–H groups in total. The summed E-state index contributed by atoms with van der Waals surface area (Å²) in [6, 6.07) is 16.5. The van der Waals surface area contributed by atoms with Gasteiger partial charge in [0.25, 0.3) is 0 Å². The molecule has 0 saturated heterocycles. The van der Waals surface area contributed by atoms with Crippen LogP contribution in [0.15, 0.2) is 59.5 Å². The van der Waals surface area contributed by atoms with E-state index in [1.54, 1.807) is 12.1 Å². The molecule has 0 fully saturated rings. The van der Waals surface area contributed by atoms with E-state index in [9.17, 15) is 4.79 Å². The number of thiol groups is 1. The van der Waals surface area contributed by atoms with Crippen molar-refractivity contribution < 1.29 is 4.79 Å². The van der Waals surface area contributed by atoms with Crippen molar-refractivity contribution in [3.8, 4) is 0 Å². The summed E-state index contributed by atoms with van der Waals surface area (Å²) in [5.41, 5.74) is 1.41. The molecule has 76 valence electrons. The van der Waals surface area contributed by atoms with Crippen LogP contribution in [-0.2, 0) is 0 Å². The number of carbonyl (C=O) groups is 1. The van der Waals surface area contributed by atoms with Crippen molar-refractivity contribution >= 4 is 69.8 Å². The summed E-state index contributed by atoms with van der Waals surface area (Å²) in [4.78, 5) is 12.8. The first-order chi connectivity index (χ1) is 7.27. The zero-order valence-corrected chi connectivity index (χ0v) is 8.95. The number of hydrogen-bond donors (Lipinski definition) is 1. The van der Waals surface area contributed by atoms with Gasteiger partial charge in [0.1, 0.15) is 0 Å². The number of ketones is 1. The predicted molar refractivity (Wildman–Crippen MR) is 70.7 cm³/mol. The van der Waals surface area contributed by atoms with Crippen molar-refractivity contribution in [2.24, 2.45) is 0 Å². The number of benzene rings is 2. The van der Waals surface area contributed by atoms with E-state index in [0.717, 1.165) is 4.90 Å². The van der Waals surface area contributed by atoms with Crippen LogP contribution in [0, 0.1) is 0 Å². The Morgan fingerprint density at radius 2 is 1.31 bits per heavy atom. The molecule has 0 aliphatic carbocycles. The van der Waals surface area contributed by atoms with Crippen LogP contribution in [0.25, 0.3) is 0 Å². The standard InChI is InChI=1S/C13H10OS.K.H/c14-13(10-4-2-1-3-5-10)11-6-8-12(15)9-7-11;;/h1-9,15H;;. The van der Waals surface area contributed by atoms with Gasteiger partial charge in [0.2, 0.25) is 0 Å². The predicted octanol–water partition coefficient (Wildman–Crippen LogP) is 2.56. The first-order valence-corrected chi connectivity index (χ1v) is 5.11. The fourth-order valence-electron chi connectivity index (χ4n) is 1.37. The molecule has 0 aromatic heterocycles. The topological polar surface area (TPSA) is 17.1 Å². The molecule has 0 saturated carbocycles. The Labute approximate surface area is 143 Å². The normalized spacial score (nSPS) is 9.31. The van der Waals surface area contributed by atoms with Crippen LogP contribution < -0.4 is 0 Å². The van der Waals surface area contributed by atoms with Gasteiger partial charge in [0.15, 0.2) is 5.78 Å². The van der Waals surface area contributed by atoms with Gasteiger partial charge in [-0.15, -0.1) is 12.6 Å². The van der Waals surface area contributed by atoms with Crippen molar-refractivity contribution in [2.75, 3.05) is 0 Å². The van der Waals surface area contributed by atoms with Crippen molar-refractivity contribution in [3.63, 3.8) is 0 Å². The van der Waals surface area contributed by atoms with Crippen molar-refractivity contribution in [1.82, 2.24) is 0 Å². The Hall–Kier alpha value is 0.0964. The maximum absolute atomic E-state index is 11.9. The molecule has 0 aliphatic heterocycles. The minimum atomic E-state index is 0. The van der Waals surface area contributed by atoms with Crippen LogP contribution in [0.5, 0.6) is 0 Å². The van der Waals surface area contributed by atoms with Crippen molar-refractivity contribution in [2.45, 2.75) is 4.90 Å². The van der Waals surface area contributed by atoms with Gasteiger partial charge in [-0.1, -0.05) is 30.3 Å². The van der Waals surface area contributed by atoms with Gasteiger partial charge in [0, 0.05) is 16.0 Å². The van der Waals surface area contributed by atoms with Gasteiger partial charge in [-0.05, 0) is 24.3 Å². The van der Waals surface area contributed by atoms with Gasteiger partial charge in [-0.3, -0.25) is 4.79 Å². The van der Waals surface area contributed by atoms with E-state index in [1.807, 2.05) is 42.5 Å². The van der Waals surface area contributed by atoms with Crippen LogP contribution in [0.4, 0.5) is 0 Å². The van der Waals surface area contributed by atoms with E-state index in [4.69, 9.17) is 0 Å². The number of carbonyl (C=O) groups excluding carboxylic acids is 1. The van der Waals surface area contributed by atoms with Gasteiger partial charge >= 0.3 is 51.4 Å². The van der Waals surface area contributed by atoms with Crippen LogP contribution in [0.3, 0.4) is 0 Å². The Morgan fingerprint density at radius 3 is 1.88 bits per heavy atom. The molecule has 2 aromatic carbocycles. The van der Waals surface area contributed by atoms with Crippen LogP contribution in [0.2, 0.25) is 0 Å². The summed E-state index contributed by atoms with van der Waals surface area (Å²) in [6.07, 6.45) is 0. The maximum atomic E-state index is 11.9. The average molecular weight is 254 g/mol. The summed E-state index contributed by atoms with van der Waals surface area (Å²) >= 11 is 4.18. The zero-order valence-electron chi connectivity index (χ0n) is 8.05. The van der Waals surface area contributed by atoms with Crippen LogP contribution >= 0.6 is 12.6 Å². The summed E-state index contributed by atoms with van der Waals surface area (Å²) in [6.45, 7) is 0. The first kappa shape index (κ1) is 14.2. The van der Waals surface area contributed by atoms with Crippen molar-refractivity contribution in [1.29, 1.82) is 0 Å². The molecule has 0 spiro atoms. The quantitative estimate of drug-likeness (QED) is 0.495. The molecule has 2 aromatic rings. The Bertz CT molecular complexity index is 465. The van der Waals surface area contributed by atoms with E-state index in [2.05, 4.69) is 12.6 Å². The molecule has 0 atom stereocenters. The molecule has 0 bridgehead atoms. The minimum absolute atomic E-state index is 0. The van der Waals surface area contributed by atoms with E-state index < -0.39 is 0 Å². The monoisotopic (exact) mass is 254 g/mol. The molecule has 0 aliphatic rings. The van der Waals surface area contributed by atoms with Gasteiger partial charge < -0.3 is 0 Å². The van der Waals surface area contributed by atoms with E-state index in [0.29, 0.717) is 11.1 Å². The molecule has 0 unspecified atom stereocenters. The Kier molecular flexibility index (Phi) is 5.96. The molecule has 3 heteroatoms. The Balaban J connectivity index is 0.00000128. The molecular formula is C13H11KOS. The second-order valence-electron chi connectivity index (χ2n) is 3.24. The summed E-state index contributed by atoms with van der Waals surface area (Å²) < 4.78 is 0. The third-order valence-corrected chi connectivity index (χ3v) is 2.46. The molecule has 0 amide bonds. The van der Waals surface area contributed by atoms with Gasteiger partial charge in [-0.2, -0.15) is 0 Å². The fraction of sp³-hybridized carbons (Fsp3) is 0.